The van der Waals surface area contributed by atoms with E-state index in [9.17, 15) is 4.21 Å². The van der Waals surface area contributed by atoms with Gasteiger partial charge in [0.15, 0.2) is 12.7 Å². The van der Waals surface area contributed by atoms with Crippen molar-refractivity contribution in [1.82, 2.24) is 0 Å². The van der Waals surface area contributed by atoms with Gasteiger partial charge in [0, 0.05) is 40.8 Å². The van der Waals surface area contributed by atoms with Crippen LogP contribution in [0.2, 0.25) is 0 Å². The summed E-state index contributed by atoms with van der Waals surface area (Å²) in [6, 6.07) is 14.1. The summed E-state index contributed by atoms with van der Waals surface area (Å²) < 4.78 is 18.2. The number of pyridine rings is 1. The number of nitrogens with zero attached hydrogens (tertiary/aromatic N) is 2. The van der Waals surface area contributed by atoms with Crippen molar-refractivity contribution in [3.8, 4) is 0 Å². The number of aromatic nitrogens is 1. The predicted octanol–water partition coefficient (Wildman–Crippen LogP) is 2.69. The van der Waals surface area contributed by atoms with Gasteiger partial charge >= 0.3 is 0 Å². The predicted molar refractivity (Wildman–Crippen MR) is 79.0 cm³/mol. The third-order valence-electron chi connectivity index (χ3n) is 2.84. The van der Waals surface area contributed by atoms with Crippen LogP contribution in [-0.4, -0.2) is 16.7 Å². The highest BCUT2D eigenvalue weighted by Gasteiger charge is 2.12. The molecule has 0 radical (unpaired) electrons. The Morgan fingerprint density at radius 3 is 2.42 bits per heavy atom. The monoisotopic (exact) mass is 275 g/mol. The highest BCUT2D eigenvalue weighted by molar-refractivity contribution is 7.92. The molecule has 0 aliphatic carbocycles. The van der Waals surface area contributed by atoms with Gasteiger partial charge in [-0.2, -0.15) is 8.93 Å². The SMILES string of the molecule is Cc1c(N=S(C)(C)=O)ccc[n+]1Cc1ccccc1. The number of benzene rings is 1. The summed E-state index contributed by atoms with van der Waals surface area (Å²) in [6.45, 7) is 2.80. The average molecular weight is 275 g/mol. The number of hydrogen-bond acceptors (Lipinski definition) is 2. The van der Waals surface area contributed by atoms with E-state index in [-0.39, 0.29) is 0 Å². The van der Waals surface area contributed by atoms with Gasteiger partial charge in [-0.3, -0.25) is 0 Å². The lowest BCUT2D eigenvalue weighted by molar-refractivity contribution is -0.693. The molecule has 0 aliphatic rings. The van der Waals surface area contributed by atoms with Crippen LogP contribution in [0.25, 0.3) is 0 Å². The minimum Gasteiger partial charge on any atom is -0.250 e. The first-order valence-electron chi connectivity index (χ1n) is 6.16. The summed E-state index contributed by atoms with van der Waals surface area (Å²) in [5.74, 6) is 0. The van der Waals surface area contributed by atoms with E-state index in [1.807, 2.05) is 43.5 Å². The molecule has 0 amide bonds. The normalized spacial score (nSPS) is 11.3. The van der Waals surface area contributed by atoms with E-state index in [1.54, 1.807) is 12.5 Å². The molecule has 0 bridgehead atoms. The van der Waals surface area contributed by atoms with Crippen LogP contribution in [0.4, 0.5) is 5.69 Å². The summed E-state index contributed by atoms with van der Waals surface area (Å²) in [4.78, 5) is 0. The zero-order valence-corrected chi connectivity index (χ0v) is 12.4. The Balaban J connectivity index is 2.39. The van der Waals surface area contributed by atoms with Crippen molar-refractivity contribution < 1.29 is 8.78 Å². The van der Waals surface area contributed by atoms with Gasteiger partial charge in [0.2, 0.25) is 5.69 Å². The summed E-state index contributed by atoms with van der Waals surface area (Å²) in [5.41, 5.74) is 3.07. The highest BCUT2D eigenvalue weighted by atomic mass is 32.2. The first kappa shape index (κ1) is 13.7. The number of hydrogen-bond donors (Lipinski definition) is 0. The molecule has 100 valence electrons. The fourth-order valence-electron chi connectivity index (χ4n) is 1.90. The second-order valence-electron chi connectivity index (χ2n) is 4.86. The second-order valence-corrected chi connectivity index (χ2v) is 7.41. The first-order valence-corrected chi connectivity index (χ1v) is 8.49. The second kappa shape index (κ2) is 5.53. The molecule has 1 aromatic carbocycles. The van der Waals surface area contributed by atoms with E-state index >= 15 is 0 Å². The van der Waals surface area contributed by atoms with E-state index in [1.165, 1.54) is 5.56 Å². The quantitative estimate of drug-likeness (QED) is 0.793. The fraction of sp³-hybridized carbons (Fsp3) is 0.267. The van der Waals surface area contributed by atoms with Gasteiger partial charge in [-0.1, -0.05) is 30.3 Å². The van der Waals surface area contributed by atoms with Crippen molar-refractivity contribution in [2.24, 2.45) is 4.36 Å². The molecule has 0 saturated carbocycles. The molecule has 2 rings (SSSR count). The van der Waals surface area contributed by atoms with Crippen LogP contribution >= 0.6 is 0 Å². The minimum atomic E-state index is -2.13. The van der Waals surface area contributed by atoms with Crippen molar-refractivity contribution in [2.75, 3.05) is 12.5 Å². The lowest BCUT2D eigenvalue weighted by Crippen LogP contribution is -2.37. The molecule has 19 heavy (non-hydrogen) atoms. The maximum atomic E-state index is 11.8. The lowest BCUT2D eigenvalue weighted by atomic mass is 10.2. The molecule has 0 unspecified atom stereocenters. The molecule has 0 spiro atoms. The van der Waals surface area contributed by atoms with Crippen LogP contribution in [-0.2, 0) is 16.3 Å². The standard InChI is InChI=1S/C15H19N2OS/c1-13-15(16-19(2,3)18)10-7-11-17(13)12-14-8-5-4-6-9-14/h4-11H,12H2,1-3H3/q+1. The molecule has 1 heterocycles. The van der Waals surface area contributed by atoms with Crippen molar-refractivity contribution >= 4 is 15.4 Å². The molecule has 0 fully saturated rings. The van der Waals surface area contributed by atoms with Gasteiger partial charge < -0.3 is 0 Å². The molecular weight excluding hydrogens is 256 g/mol. The molecular formula is C15H19N2OS+. The first-order chi connectivity index (χ1) is 8.96. The average Bonchev–Trinajstić information content (AvgIpc) is 2.34. The zero-order valence-electron chi connectivity index (χ0n) is 11.5. The molecule has 0 N–H and O–H groups in total. The van der Waals surface area contributed by atoms with E-state index in [4.69, 9.17) is 0 Å². The maximum Gasteiger partial charge on any atom is 0.205 e. The number of rotatable bonds is 3. The summed E-state index contributed by atoms with van der Waals surface area (Å²) >= 11 is 0. The van der Waals surface area contributed by atoms with Gasteiger partial charge in [0.05, 0.1) is 0 Å². The Hall–Kier alpha value is -1.68. The molecule has 1 aromatic heterocycles. The molecule has 4 heteroatoms. The topological polar surface area (TPSA) is 33.3 Å². The van der Waals surface area contributed by atoms with Gasteiger partial charge in [-0.25, -0.2) is 4.21 Å². The van der Waals surface area contributed by atoms with Crippen LogP contribution in [0.15, 0.2) is 53.0 Å². The third-order valence-corrected chi connectivity index (χ3v) is 3.47. The third kappa shape index (κ3) is 3.89. The van der Waals surface area contributed by atoms with Crippen LogP contribution in [0.3, 0.4) is 0 Å². The fourth-order valence-corrected chi connectivity index (χ4v) is 2.57. The molecule has 0 saturated heterocycles. The van der Waals surface area contributed by atoms with Crippen molar-refractivity contribution in [1.29, 1.82) is 0 Å². The van der Waals surface area contributed by atoms with Crippen LogP contribution in [0.5, 0.6) is 0 Å². The van der Waals surface area contributed by atoms with Crippen molar-refractivity contribution in [3.05, 3.63) is 59.9 Å². The van der Waals surface area contributed by atoms with Crippen LogP contribution < -0.4 is 4.57 Å². The van der Waals surface area contributed by atoms with Crippen molar-refractivity contribution in [2.45, 2.75) is 13.5 Å². The summed E-state index contributed by atoms with van der Waals surface area (Å²) in [7, 11) is -2.13. The smallest absolute Gasteiger partial charge is 0.205 e. The Morgan fingerprint density at radius 2 is 1.79 bits per heavy atom. The highest BCUT2D eigenvalue weighted by Crippen LogP contribution is 2.16. The zero-order chi connectivity index (χ0) is 13.9. The molecule has 2 aromatic rings. The van der Waals surface area contributed by atoms with Gasteiger partial charge in [-0.05, 0) is 6.07 Å². The molecule has 3 nitrogen and oxygen atoms in total. The maximum absolute atomic E-state index is 11.8. The van der Waals surface area contributed by atoms with Gasteiger partial charge in [-0.15, -0.1) is 0 Å². The van der Waals surface area contributed by atoms with Crippen LogP contribution in [0, 0.1) is 6.92 Å². The van der Waals surface area contributed by atoms with Crippen LogP contribution in [0.1, 0.15) is 11.3 Å². The van der Waals surface area contributed by atoms with Crippen molar-refractivity contribution in [3.63, 3.8) is 0 Å². The molecule has 0 atom stereocenters. The Kier molecular flexibility index (Phi) is 4.00. The van der Waals surface area contributed by atoms with E-state index in [0.717, 1.165) is 17.9 Å². The van der Waals surface area contributed by atoms with E-state index in [2.05, 4.69) is 21.1 Å². The Morgan fingerprint density at radius 1 is 1.11 bits per heavy atom. The largest absolute Gasteiger partial charge is 0.250 e. The Labute approximate surface area is 115 Å². The van der Waals surface area contributed by atoms with Gasteiger partial charge in [0.1, 0.15) is 5.69 Å². The Bertz CT molecular complexity index is 679. The lowest BCUT2D eigenvalue weighted by Gasteiger charge is -2.04. The van der Waals surface area contributed by atoms with E-state index in [0.29, 0.717) is 0 Å². The van der Waals surface area contributed by atoms with E-state index < -0.39 is 9.73 Å². The molecule has 0 aliphatic heterocycles. The minimum absolute atomic E-state index is 0.796. The summed E-state index contributed by atoms with van der Waals surface area (Å²) in [6.07, 6.45) is 5.33. The van der Waals surface area contributed by atoms with Gasteiger partial charge in [0.25, 0.3) is 0 Å². The summed E-state index contributed by atoms with van der Waals surface area (Å²) in [5, 5.41) is 0.